The second-order valence-electron chi connectivity index (χ2n) is 3.40. The van der Waals surface area contributed by atoms with Crippen LogP contribution in [0.15, 0.2) is 6.33 Å². The molecular formula is C8H7F3N2O4S. The molecule has 2 heterocycles. The molecule has 0 aliphatic carbocycles. The summed E-state index contributed by atoms with van der Waals surface area (Å²) in [6.07, 6.45) is 1.69. The zero-order valence-corrected chi connectivity index (χ0v) is 9.58. The zero-order valence-electron chi connectivity index (χ0n) is 8.77. The minimum atomic E-state index is -5.73. The summed E-state index contributed by atoms with van der Waals surface area (Å²) in [6.45, 7) is 0.357. The van der Waals surface area contributed by atoms with Gasteiger partial charge in [0.05, 0.1) is 12.2 Å². The van der Waals surface area contributed by atoms with E-state index in [2.05, 4.69) is 14.2 Å². The Balaban J connectivity index is 2.36. The van der Waals surface area contributed by atoms with Gasteiger partial charge in [0.25, 0.3) is 0 Å². The van der Waals surface area contributed by atoms with Crippen molar-refractivity contribution in [2.24, 2.45) is 0 Å². The first-order valence-electron chi connectivity index (χ1n) is 4.79. The van der Waals surface area contributed by atoms with Crippen molar-refractivity contribution in [1.29, 1.82) is 0 Å². The lowest BCUT2D eigenvalue weighted by atomic mass is 10.1. The second kappa shape index (κ2) is 4.26. The van der Waals surface area contributed by atoms with Crippen LogP contribution in [0.25, 0.3) is 0 Å². The molecule has 0 aromatic carbocycles. The number of halogens is 3. The Morgan fingerprint density at radius 1 is 1.33 bits per heavy atom. The van der Waals surface area contributed by atoms with Gasteiger partial charge in [0.2, 0.25) is 11.8 Å². The maximum absolute atomic E-state index is 12.2. The first kappa shape index (κ1) is 12.9. The Morgan fingerprint density at radius 3 is 2.72 bits per heavy atom. The van der Waals surface area contributed by atoms with Crippen molar-refractivity contribution >= 4 is 10.1 Å². The van der Waals surface area contributed by atoms with Gasteiger partial charge in [0, 0.05) is 0 Å². The highest BCUT2D eigenvalue weighted by Gasteiger charge is 2.49. The highest BCUT2D eigenvalue weighted by Crippen LogP contribution is 2.32. The van der Waals surface area contributed by atoms with Crippen molar-refractivity contribution in [3.8, 4) is 11.8 Å². The highest BCUT2D eigenvalue weighted by atomic mass is 32.2. The van der Waals surface area contributed by atoms with Gasteiger partial charge in [-0.25, -0.2) is 9.97 Å². The fraction of sp³-hybridized carbons (Fsp3) is 0.500. The average Bonchev–Trinajstić information content (AvgIpc) is 2.27. The van der Waals surface area contributed by atoms with Gasteiger partial charge in [-0.15, -0.1) is 0 Å². The summed E-state index contributed by atoms with van der Waals surface area (Å²) in [5, 5.41) is 0. The van der Waals surface area contributed by atoms with E-state index in [-0.39, 0.29) is 11.4 Å². The van der Waals surface area contributed by atoms with E-state index in [1.165, 1.54) is 0 Å². The van der Waals surface area contributed by atoms with Crippen molar-refractivity contribution in [2.75, 3.05) is 6.61 Å². The third kappa shape index (κ3) is 2.33. The van der Waals surface area contributed by atoms with Crippen LogP contribution in [0.3, 0.4) is 0 Å². The van der Waals surface area contributed by atoms with Gasteiger partial charge in [-0.2, -0.15) is 21.6 Å². The van der Waals surface area contributed by atoms with Gasteiger partial charge in [-0.05, 0) is 12.8 Å². The quantitative estimate of drug-likeness (QED) is 0.596. The average molecular weight is 284 g/mol. The molecule has 0 saturated carbocycles. The smallest absolute Gasteiger partial charge is 0.477 e. The number of aromatic nitrogens is 2. The van der Waals surface area contributed by atoms with Crippen LogP contribution in [-0.4, -0.2) is 30.5 Å². The SMILES string of the molecule is O=S(=O)(Oc1ncnc2c1CCCO2)C(F)(F)F. The molecule has 1 aromatic rings. The normalized spacial score (nSPS) is 15.7. The first-order chi connectivity index (χ1) is 8.31. The molecule has 0 N–H and O–H groups in total. The summed E-state index contributed by atoms with van der Waals surface area (Å²) in [5.74, 6) is -0.597. The third-order valence-corrected chi connectivity index (χ3v) is 3.09. The fourth-order valence-electron chi connectivity index (χ4n) is 1.36. The van der Waals surface area contributed by atoms with E-state index in [0.717, 1.165) is 6.33 Å². The summed E-state index contributed by atoms with van der Waals surface area (Å²) >= 11 is 0. The molecule has 18 heavy (non-hydrogen) atoms. The molecule has 2 rings (SSSR count). The van der Waals surface area contributed by atoms with Crippen molar-refractivity contribution in [3.63, 3.8) is 0 Å². The molecule has 1 aliphatic heterocycles. The third-order valence-electron chi connectivity index (χ3n) is 2.15. The summed E-state index contributed by atoms with van der Waals surface area (Å²) in [4.78, 5) is 7.08. The largest absolute Gasteiger partial charge is 0.534 e. The van der Waals surface area contributed by atoms with E-state index < -0.39 is 21.5 Å². The fourth-order valence-corrected chi connectivity index (χ4v) is 1.81. The second-order valence-corrected chi connectivity index (χ2v) is 4.94. The predicted octanol–water partition coefficient (Wildman–Crippen LogP) is 1.03. The van der Waals surface area contributed by atoms with Crippen LogP contribution in [0, 0.1) is 0 Å². The van der Waals surface area contributed by atoms with E-state index in [0.29, 0.717) is 19.4 Å². The number of ether oxygens (including phenoxy) is 1. The maximum atomic E-state index is 12.2. The van der Waals surface area contributed by atoms with Crippen molar-refractivity contribution < 1.29 is 30.5 Å². The van der Waals surface area contributed by atoms with Gasteiger partial charge in [0.15, 0.2) is 0 Å². The molecule has 0 unspecified atom stereocenters. The van der Waals surface area contributed by atoms with Gasteiger partial charge in [0.1, 0.15) is 6.33 Å². The summed E-state index contributed by atoms with van der Waals surface area (Å²) in [5.41, 5.74) is -5.38. The van der Waals surface area contributed by atoms with Gasteiger partial charge < -0.3 is 8.92 Å². The standard InChI is InChI=1S/C8H7F3N2O4S/c9-8(10,11)18(14,15)17-7-5-2-1-3-16-6(5)12-4-13-7/h4H,1-3H2. The molecular weight excluding hydrogens is 277 g/mol. The molecule has 0 fully saturated rings. The number of alkyl halides is 3. The van der Waals surface area contributed by atoms with Crippen LogP contribution in [0.5, 0.6) is 11.8 Å². The first-order valence-corrected chi connectivity index (χ1v) is 6.19. The molecule has 100 valence electrons. The highest BCUT2D eigenvalue weighted by molar-refractivity contribution is 7.87. The Hall–Kier alpha value is -1.58. The maximum Gasteiger partial charge on any atom is 0.534 e. The molecule has 6 nitrogen and oxygen atoms in total. The number of hydrogen-bond donors (Lipinski definition) is 0. The predicted molar refractivity (Wildman–Crippen MR) is 51.5 cm³/mol. The van der Waals surface area contributed by atoms with E-state index in [1.54, 1.807) is 0 Å². The molecule has 0 bridgehead atoms. The van der Waals surface area contributed by atoms with Crippen LogP contribution < -0.4 is 8.92 Å². The lowest BCUT2D eigenvalue weighted by Gasteiger charge is -2.17. The Labute approximate surface area is 99.9 Å². The summed E-state index contributed by atoms with van der Waals surface area (Å²) in [6, 6.07) is 0. The molecule has 0 spiro atoms. The number of hydrogen-bond acceptors (Lipinski definition) is 6. The molecule has 0 saturated heterocycles. The van der Waals surface area contributed by atoms with E-state index in [1.807, 2.05) is 0 Å². The molecule has 1 aromatic heterocycles. The number of rotatable bonds is 2. The van der Waals surface area contributed by atoms with Gasteiger partial charge >= 0.3 is 15.6 Å². The van der Waals surface area contributed by atoms with Crippen molar-refractivity contribution in [2.45, 2.75) is 18.3 Å². The van der Waals surface area contributed by atoms with Crippen molar-refractivity contribution in [3.05, 3.63) is 11.9 Å². The number of nitrogens with zero attached hydrogens (tertiary/aromatic N) is 2. The Kier molecular flexibility index (Phi) is 3.05. The lowest BCUT2D eigenvalue weighted by Crippen LogP contribution is -2.29. The minimum absolute atomic E-state index is 0.0450. The van der Waals surface area contributed by atoms with Gasteiger partial charge in [-0.3, -0.25) is 0 Å². The lowest BCUT2D eigenvalue weighted by molar-refractivity contribution is -0.0501. The van der Waals surface area contributed by atoms with Crippen LogP contribution >= 0.6 is 0 Å². The van der Waals surface area contributed by atoms with Crippen LogP contribution in [0.2, 0.25) is 0 Å². The molecule has 0 radical (unpaired) electrons. The summed E-state index contributed by atoms with van der Waals surface area (Å²) in [7, 11) is -5.73. The minimum Gasteiger partial charge on any atom is -0.477 e. The summed E-state index contributed by atoms with van der Waals surface area (Å²) < 4.78 is 67.2. The molecule has 0 amide bonds. The molecule has 0 atom stereocenters. The van der Waals surface area contributed by atoms with Crippen LogP contribution in [-0.2, 0) is 16.5 Å². The topological polar surface area (TPSA) is 78.4 Å². The van der Waals surface area contributed by atoms with Gasteiger partial charge in [-0.1, -0.05) is 0 Å². The monoisotopic (exact) mass is 284 g/mol. The van der Waals surface area contributed by atoms with E-state index in [9.17, 15) is 21.6 Å². The Morgan fingerprint density at radius 2 is 2.06 bits per heavy atom. The molecule has 10 heteroatoms. The number of fused-ring (bicyclic) bond motifs is 1. The zero-order chi connectivity index (χ0) is 13.4. The Bertz CT molecular complexity index is 558. The van der Waals surface area contributed by atoms with Crippen LogP contribution in [0.1, 0.15) is 12.0 Å². The molecule has 1 aliphatic rings. The van der Waals surface area contributed by atoms with Crippen LogP contribution in [0.4, 0.5) is 13.2 Å². The van der Waals surface area contributed by atoms with Crippen molar-refractivity contribution in [1.82, 2.24) is 9.97 Å². The van der Waals surface area contributed by atoms with E-state index in [4.69, 9.17) is 4.74 Å². The van der Waals surface area contributed by atoms with E-state index >= 15 is 0 Å².